The predicted molar refractivity (Wildman–Crippen MR) is 78.4 cm³/mol. The van der Waals surface area contributed by atoms with Crippen molar-refractivity contribution in [3.8, 4) is 11.5 Å². The minimum Gasteiger partial charge on any atom is -0.465 e. The van der Waals surface area contributed by atoms with Crippen molar-refractivity contribution in [2.24, 2.45) is 0 Å². The number of benzene rings is 1. The molecule has 0 bridgehead atoms. The van der Waals surface area contributed by atoms with Gasteiger partial charge in [0.25, 0.3) is 0 Å². The average Bonchev–Trinajstić information content (AvgIpc) is 2.91. The molecule has 0 atom stereocenters. The third-order valence-corrected chi connectivity index (χ3v) is 2.78. The fraction of sp³-hybridized carbons (Fsp3) is 0.375. The molecule has 0 fully saturated rings. The molecule has 0 amide bonds. The van der Waals surface area contributed by atoms with Gasteiger partial charge in [-0.1, -0.05) is 0 Å². The summed E-state index contributed by atoms with van der Waals surface area (Å²) in [4.78, 5) is 24.0. The first-order valence-electron chi connectivity index (χ1n) is 6.84. The highest BCUT2D eigenvalue weighted by molar-refractivity contribution is 6.17. The van der Waals surface area contributed by atoms with Gasteiger partial charge in [-0.15, -0.1) is 0 Å². The van der Waals surface area contributed by atoms with E-state index < -0.39 is 23.4 Å². The quantitative estimate of drug-likeness (QED) is 0.368. The molecule has 0 saturated heterocycles. The van der Waals surface area contributed by atoms with Crippen LogP contribution in [0.4, 0.5) is 4.39 Å². The van der Waals surface area contributed by atoms with Gasteiger partial charge >= 0.3 is 11.9 Å². The maximum absolute atomic E-state index is 13.9. The maximum atomic E-state index is 13.9. The molecular weight excluding hydrogens is 307 g/mol. The molecule has 0 aliphatic carbocycles. The minimum atomic E-state index is -0.877. The Bertz CT molecular complexity index is 672. The molecule has 0 N–H and O–H groups in total. The van der Waals surface area contributed by atoms with E-state index in [1.165, 1.54) is 12.1 Å². The van der Waals surface area contributed by atoms with Gasteiger partial charge in [0.05, 0.1) is 7.11 Å². The third kappa shape index (κ3) is 4.00. The van der Waals surface area contributed by atoms with Crippen LogP contribution in [0, 0.1) is 5.82 Å². The second-order valence-corrected chi connectivity index (χ2v) is 5.79. The molecule has 1 aliphatic heterocycles. The molecule has 0 radical (unpaired) electrons. The number of carbonyl (C=O) groups excluding carboxylic acids is 2. The highest BCUT2D eigenvalue weighted by Crippen LogP contribution is 2.36. The number of fused-ring (bicyclic) bond motifs is 1. The Morgan fingerprint density at radius 3 is 2.52 bits per heavy atom. The number of carbonyl (C=O) groups is 2. The van der Waals surface area contributed by atoms with Crippen molar-refractivity contribution in [2.45, 2.75) is 26.4 Å². The van der Waals surface area contributed by atoms with Crippen molar-refractivity contribution < 1.29 is 32.9 Å². The Hall–Kier alpha value is -2.57. The lowest BCUT2D eigenvalue weighted by Crippen LogP contribution is -2.27. The summed E-state index contributed by atoms with van der Waals surface area (Å²) in [6, 6.07) is 2.58. The van der Waals surface area contributed by atoms with E-state index in [-0.39, 0.29) is 29.4 Å². The highest BCUT2D eigenvalue weighted by Gasteiger charge is 2.26. The van der Waals surface area contributed by atoms with Crippen LogP contribution in [-0.2, 0) is 19.1 Å². The average molecular weight is 324 g/mol. The monoisotopic (exact) mass is 324 g/mol. The Morgan fingerprint density at radius 1 is 1.22 bits per heavy atom. The van der Waals surface area contributed by atoms with Crippen LogP contribution >= 0.6 is 0 Å². The zero-order chi connectivity index (χ0) is 17.2. The van der Waals surface area contributed by atoms with E-state index >= 15 is 0 Å². The van der Waals surface area contributed by atoms with E-state index in [1.54, 1.807) is 20.8 Å². The number of rotatable bonds is 3. The Balaban J connectivity index is 2.40. The van der Waals surface area contributed by atoms with Gasteiger partial charge < -0.3 is 18.9 Å². The first-order chi connectivity index (χ1) is 10.7. The Morgan fingerprint density at radius 2 is 1.91 bits per heavy atom. The highest BCUT2D eigenvalue weighted by atomic mass is 19.1. The summed E-state index contributed by atoms with van der Waals surface area (Å²) in [7, 11) is 1.14. The summed E-state index contributed by atoms with van der Waals surface area (Å²) in [5.74, 6) is -2.19. The van der Waals surface area contributed by atoms with Gasteiger partial charge in [0.1, 0.15) is 11.2 Å². The van der Waals surface area contributed by atoms with E-state index in [2.05, 4.69) is 4.74 Å². The molecule has 6 nitrogen and oxygen atoms in total. The molecule has 1 aliphatic rings. The minimum absolute atomic E-state index is 0.000892. The number of halogens is 1. The Kier molecular flexibility index (Phi) is 4.58. The van der Waals surface area contributed by atoms with Crippen LogP contribution < -0.4 is 9.47 Å². The molecule has 0 aromatic heterocycles. The fourth-order valence-corrected chi connectivity index (χ4v) is 1.88. The van der Waals surface area contributed by atoms with Crippen molar-refractivity contribution in [3.63, 3.8) is 0 Å². The van der Waals surface area contributed by atoms with Gasteiger partial charge in [-0.25, -0.2) is 14.0 Å². The predicted octanol–water partition coefficient (Wildman–Crippen LogP) is 2.45. The summed E-state index contributed by atoms with van der Waals surface area (Å²) in [6.07, 6.45) is 1.19. The normalized spacial score (nSPS) is 13.7. The van der Waals surface area contributed by atoms with Crippen molar-refractivity contribution in [3.05, 3.63) is 29.1 Å². The number of hydrogen-bond acceptors (Lipinski definition) is 6. The molecule has 0 saturated carbocycles. The van der Waals surface area contributed by atoms with Gasteiger partial charge in [0, 0.05) is 0 Å². The van der Waals surface area contributed by atoms with Crippen molar-refractivity contribution >= 4 is 18.0 Å². The second-order valence-electron chi connectivity index (χ2n) is 5.79. The van der Waals surface area contributed by atoms with Gasteiger partial charge in [0.15, 0.2) is 11.6 Å². The molecule has 1 heterocycles. The van der Waals surface area contributed by atoms with Crippen molar-refractivity contribution in [2.75, 3.05) is 13.9 Å². The summed E-state index contributed by atoms with van der Waals surface area (Å²) < 4.78 is 33.7. The maximum Gasteiger partial charge on any atom is 0.346 e. The van der Waals surface area contributed by atoms with E-state index in [4.69, 9.17) is 14.2 Å². The molecule has 0 unspecified atom stereocenters. The topological polar surface area (TPSA) is 71.1 Å². The van der Waals surface area contributed by atoms with Crippen LogP contribution in [0.1, 0.15) is 26.3 Å². The van der Waals surface area contributed by atoms with Crippen LogP contribution in [0.15, 0.2) is 17.7 Å². The van der Waals surface area contributed by atoms with E-state index in [0.29, 0.717) is 0 Å². The van der Waals surface area contributed by atoms with Crippen molar-refractivity contribution in [1.82, 2.24) is 0 Å². The largest absolute Gasteiger partial charge is 0.465 e. The van der Waals surface area contributed by atoms with Crippen LogP contribution in [0.3, 0.4) is 0 Å². The number of esters is 2. The standard InChI is InChI=1S/C16H17FO6/c1-16(2,3)23-15(19)10(14(18)20-4)5-9-6-11(17)13-12(7-9)21-8-22-13/h5-7H,8H2,1-4H3/b10-5+. The lowest BCUT2D eigenvalue weighted by atomic mass is 10.1. The van der Waals surface area contributed by atoms with Gasteiger partial charge in [-0.05, 0) is 44.5 Å². The second kappa shape index (κ2) is 6.28. The number of methoxy groups -OCH3 is 1. The summed E-state index contributed by atoms with van der Waals surface area (Å²) in [6.45, 7) is 4.91. The molecule has 2 rings (SSSR count). The van der Waals surface area contributed by atoms with Gasteiger partial charge in [-0.3, -0.25) is 0 Å². The SMILES string of the molecule is COC(=O)/C(=C\c1cc(F)c2c(c1)OCO2)C(=O)OC(C)(C)C. The summed E-state index contributed by atoms with van der Waals surface area (Å²) in [5.41, 5.74) is -0.886. The molecule has 1 aromatic carbocycles. The molecule has 1 aromatic rings. The summed E-state index contributed by atoms with van der Waals surface area (Å²) in [5, 5.41) is 0. The summed E-state index contributed by atoms with van der Waals surface area (Å²) >= 11 is 0. The zero-order valence-corrected chi connectivity index (χ0v) is 13.3. The lowest BCUT2D eigenvalue weighted by Gasteiger charge is -2.20. The zero-order valence-electron chi connectivity index (χ0n) is 13.3. The lowest BCUT2D eigenvalue weighted by molar-refractivity contribution is -0.153. The van der Waals surface area contributed by atoms with E-state index in [1.807, 2.05) is 0 Å². The molecule has 0 spiro atoms. The molecule has 124 valence electrons. The number of ether oxygens (including phenoxy) is 4. The first-order valence-corrected chi connectivity index (χ1v) is 6.84. The Labute approximate surface area is 132 Å². The molecular formula is C16H17FO6. The van der Waals surface area contributed by atoms with Crippen LogP contribution in [-0.4, -0.2) is 31.4 Å². The number of hydrogen-bond donors (Lipinski definition) is 0. The van der Waals surface area contributed by atoms with Gasteiger partial charge in [0.2, 0.25) is 12.5 Å². The van der Waals surface area contributed by atoms with Crippen molar-refractivity contribution in [1.29, 1.82) is 0 Å². The molecule has 7 heteroatoms. The molecule has 23 heavy (non-hydrogen) atoms. The first kappa shape index (κ1) is 16.8. The smallest absolute Gasteiger partial charge is 0.346 e. The van der Waals surface area contributed by atoms with Gasteiger partial charge in [-0.2, -0.15) is 0 Å². The van der Waals surface area contributed by atoms with Crippen LogP contribution in [0.25, 0.3) is 6.08 Å². The van der Waals surface area contributed by atoms with Crippen LogP contribution in [0.5, 0.6) is 11.5 Å². The third-order valence-electron chi connectivity index (χ3n) is 2.78. The van der Waals surface area contributed by atoms with E-state index in [9.17, 15) is 14.0 Å². The van der Waals surface area contributed by atoms with E-state index in [0.717, 1.165) is 13.2 Å². The fourth-order valence-electron chi connectivity index (χ4n) is 1.88. The van der Waals surface area contributed by atoms with Crippen LogP contribution in [0.2, 0.25) is 0 Å².